The minimum Gasteiger partial charge on any atom is -0.387 e. The Hall–Kier alpha value is -0.450. The van der Waals surface area contributed by atoms with E-state index in [9.17, 15) is 9.50 Å². The Balaban J connectivity index is 3.25. The van der Waals surface area contributed by atoms with Crippen molar-refractivity contribution in [3.8, 4) is 0 Å². The largest absolute Gasteiger partial charge is 0.387 e. The second kappa shape index (κ2) is 4.38. The van der Waals surface area contributed by atoms with E-state index < -0.39 is 18.0 Å². The maximum absolute atomic E-state index is 13.6. The highest BCUT2D eigenvalue weighted by molar-refractivity contribution is 9.10. The Labute approximate surface area is 91.1 Å². The average Bonchev–Trinajstić information content (AvgIpc) is 2.12. The van der Waals surface area contributed by atoms with Gasteiger partial charge in [0, 0.05) is 16.1 Å². The summed E-state index contributed by atoms with van der Waals surface area (Å²) in [7, 11) is 0. The summed E-state index contributed by atoms with van der Waals surface area (Å²) in [6.07, 6.45) is -0.982. The second-order valence-corrected chi connectivity index (χ2v) is 4.25. The fourth-order valence-corrected chi connectivity index (χ4v) is 1.75. The van der Waals surface area contributed by atoms with Crippen molar-refractivity contribution in [2.45, 2.75) is 26.0 Å². The Morgan fingerprint density at radius 3 is 2.57 bits per heavy atom. The summed E-state index contributed by atoms with van der Waals surface area (Å²) in [5, 5.41) is 9.69. The summed E-state index contributed by atoms with van der Waals surface area (Å²) in [6.45, 7) is 3.29. The fraction of sp³-hybridized carbons (Fsp3) is 0.400. The molecule has 1 rings (SSSR count). The van der Waals surface area contributed by atoms with Crippen molar-refractivity contribution in [2.75, 3.05) is 0 Å². The molecule has 0 aromatic heterocycles. The Kier molecular flexibility index (Phi) is 3.64. The lowest BCUT2D eigenvalue weighted by Crippen LogP contribution is -2.25. The molecule has 0 saturated heterocycles. The molecule has 3 N–H and O–H groups in total. The van der Waals surface area contributed by atoms with E-state index in [-0.39, 0.29) is 5.56 Å². The van der Waals surface area contributed by atoms with Gasteiger partial charge in [0.1, 0.15) is 5.82 Å². The number of hydrogen-bond acceptors (Lipinski definition) is 2. The zero-order valence-electron chi connectivity index (χ0n) is 8.09. The molecule has 0 saturated carbocycles. The predicted molar refractivity (Wildman–Crippen MR) is 57.4 cm³/mol. The number of hydrogen-bond donors (Lipinski definition) is 2. The van der Waals surface area contributed by atoms with Crippen LogP contribution in [0.15, 0.2) is 16.6 Å². The highest BCUT2D eigenvalue weighted by Crippen LogP contribution is 2.29. The van der Waals surface area contributed by atoms with Gasteiger partial charge in [-0.3, -0.25) is 0 Å². The quantitative estimate of drug-likeness (QED) is 0.858. The third-order valence-corrected chi connectivity index (χ3v) is 2.80. The lowest BCUT2D eigenvalue weighted by Gasteiger charge is -2.18. The molecule has 78 valence electrons. The van der Waals surface area contributed by atoms with Crippen LogP contribution in [0.3, 0.4) is 0 Å². The van der Waals surface area contributed by atoms with Crippen molar-refractivity contribution in [1.29, 1.82) is 0 Å². The zero-order chi connectivity index (χ0) is 10.9. The molecule has 1 aromatic rings. The van der Waals surface area contributed by atoms with Gasteiger partial charge in [-0.25, -0.2) is 4.39 Å². The first-order valence-electron chi connectivity index (χ1n) is 4.33. The number of nitrogens with two attached hydrogens (primary N) is 1. The van der Waals surface area contributed by atoms with E-state index in [2.05, 4.69) is 15.9 Å². The van der Waals surface area contributed by atoms with Crippen molar-refractivity contribution >= 4 is 15.9 Å². The molecule has 0 aliphatic carbocycles. The average molecular weight is 262 g/mol. The molecular formula is C10H13BrFNO. The molecule has 2 unspecified atom stereocenters. The van der Waals surface area contributed by atoms with Gasteiger partial charge in [-0.1, -0.05) is 22.0 Å². The first-order valence-corrected chi connectivity index (χ1v) is 5.12. The summed E-state index contributed by atoms with van der Waals surface area (Å²) in [6, 6.07) is 2.86. The van der Waals surface area contributed by atoms with Crippen LogP contribution in [0.4, 0.5) is 4.39 Å². The van der Waals surface area contributed by atoms with Crippen molar-refractivity contribution in [2.24, 2.45) is 5.73 Å². The molecule has 0 radical (unpaired) electrons. The lowest BCUT2D eigenvalue weighted by molar-refractivity contribution is 0.148. The molecule has 2 nitrogen and oxygen atoms in total. The zero-order valence-corrected chi connectivity index (χ0v) is 9.68. The number of aryl methyl sites for hydroxylation is 1. The summed E-state index contributed by atoms with van der Waals surface area (Å²) in [4.78, 5) is 0. The van der Waals surface area contributed by atoms with Crippen molar-refractivity contribution < 1.29 is 9.50 Å². The standard InChI is InChI=1S/C10H13BrFNO/c1-5-3-4-7(11)8(9(5)12)10(14)6(2)13/h3-4,6,10,14H,13H2,1-2H3. The van der Waals surface area contributed by atoms with Crippen LogP contribution in [0.25, 0.3) is 0 Å². The van der Waals surface area contributed by atoms with Gasteiger partial charge in [-0.15, -0.1) is 0 Å². The number of halogens is 2. The smallest absolute Gasteiger partial charge is 0.133 e. The van der Waals surface area contributed by atoms with Crippen LogP contribution in [-0.4, -0.2) is 11.1 Å². The topological polar surface area (TPSA) is 46.2 Å². The van der Waals surface area contributed by atoms with E-state index in [0.717, 1.165) is 0 Å². The molecule has 0 fully saturated rings. The van der Waals surface area contributed by atoms with Gasteiger partial charge < -0.3 is 10.8 Å². The van der Waals surface area contributed by atoms with E-state index >= 15 is 0 Å². The molecule has 0 aliphatic heterocycles. The summed E-state index contributed by atoms with van der Waals surface area (Å²) in [5.74, 6) is -0.399. The molecule has 0 amide bonds. The van der Waals surface area contributed by atoms with Gasteiger partial charge in [-0.2, -0.15) is 0 Å². The van der Waals surface area contributed by atoms with E-state index in [0.29, 0.717) is 10.0 Å². The van der Waals surface area contributed by atoms with E-state index in [1.54, 1.807) is 26.0 Å². The monoisotopic (exact) mass is 261 g/mol. The Bertz CT molecular complexity index is 341. The molecule has 0 spiro atoms. The molecule has 0 aliphatic rings. The number of rotatable bonds is 2. The number of aliphatic hydroxyl groups is 1. The predicted octanol–water partition coefficient (Wildman–Crippen LogP) is 2.28. The molecule has 1 aromatic carbocycles. The highest BCUT2D eigenvalue weighted by atomic mass is 79.9. The first-order chi connectivity index (χ1) is 6.45. The lowest BCUT2D eigenvalue weighted by atomic mass is 10.0. The molecular weight excluding hydrogens is 249 g/mol. The van der Waals surface area contributed by atoms with Crippen LogP contribution in [0, 0.1) is 12.7 Å². The van der Waals surface area contributed by atoms with Gasteiger partial charge in [0.2, 0.25) is 0 Å². The van der Waals surface area contributed by atoms with Gasteiger partial charge in [0.15, 0.2) is 0 Å². The summed E-state index contributed by atoms with van der Waals surface area (Å²) in [5.41, 5.74) is 6.26. The fourth-order valence-electron chi connectivity index (χ4n) is 1.21. The third-order valence-electron chi connectivity index (χ3n) is 2.11. The van der Waals surface area contributed by atoms with Crippen LogP contribution >= 0.6 is 15.9 Å². The number of benzene rings is 1. The van der Waals surface area contributed by atoms with Gasteiger partial charge in [0.25, 0.3) is 0 Å². The summed E-state index contributed by atoms with van der Waals surface area (Å²) >= 11 is 3.19. The van der Waals surface area contributed by atoms with Crippen LogP contribution in [-0.2, 0) is 0 Å². The van der Waals surface area contributed by atoms with Crippen LogP contribution in [0.1, 0.15) is 24.2 Å². The maximum Gasteiger partial charge on any atom is 0.133 e. The minimum absolute atomic E-state index is 0.236. The molecule has 0 bridgehead atoms. The normalized spacial score (nSPS) is 15.3. The summed E-state index contributed by atoms with van der Waals surface area (Å²) < 4.78 is 14.2. The maximum atomic E-state index is 13.6. The van der Waals surface area contributed by atoms with Crippen LogP contribution in [0.5, 0.6) is 0 Å². The van der Waals surface area contributed by atoms with Crippen molar-refractivity contribution in [3.63, 3.8) is 0 Å². The van der Waals surface area contributed by atoms with Crippen molar-refractivity contribution in [1.82, 2.24) is 0 Å². The highest BCUT2D eigenvalue weighted by Gasteiger charge is 2.20. The molecule has 0 heterocycles. The van der Waals surface area contributed by atoms with Gasteiger partial charge >= 0.3 is 0 Å². The molecule has 14 heavy (non-hydrogen) atoms. The Morgan fingerprint density at radius 1 is 1.50 bits per heavy atom. The second-order valence-electron chi connectivity index (χ2n) is 3.40. The minimum atomic E-state index is -0.982. The van der Waals surface area contributed by atoms with E-state index in [4.69, 9.17) is 5.73 Å². The van der Waals surface area contributed by atoms with Crippen LogP contribution < -0.4 is 5.73 Å². The first kappa shape index (κ1) is 11.6. The van der Waals surface area contributed by atoms with Crippen LogP contribution in [0.2, 0.25) is 0 Å². The van der Waals surface area contributed by atoms with E-state index in [1.807, 2.05) is 0 Å². The van der Waals surface area contributed by atoms with E-state index in [1.165, 1.54) is 0 Å². The van der Waals surface area contributed by atoms with Crippen molar-refractivity contribution in [3.05, 3.63) is 33.5 Å². The SMILES string of the molecule is Cc1ccc(Br)c(C(O)C(C)N)c1F. The van der Waals surface area contributed by atoms with Gasteiger partial charge in [0.05, 0.1) is 6.10 Å². The number of aliphatic hydroxyl groups excluding tert-OH is 1. The Morgan fingerprint density at radius 2 is 2.07 bits per heavy atom. The molecule has 2 atom stereocenters. The van der Waals surface area contributed by atoms with Gasteiger partial charge in [-0.05, 0) is 25.5 Å². The third kappa shape index (κ3) is 2.13. The molecule has 4 heteroatoms.